The molecule has 106 valence electrons. The van der Waals surface area contributed by atoms with Crippen molar-refractivity contribution in [3.8, 4) is 0 Å². The fourth-order valence-electron chi connectivity index (χ4n) is 2.86. The van der Waals surface area contributed by atoms with Gasteiger partial charge in [0, 0.05) is 20.1 Å². The second-order valence-electron chi connectivity index (χ2n) is 5.36. The van der Waals surface area contributed by atoms with Crippen LogP contribution in [0.4, 0.5) is 5.82 Å². The number of carboxylic acid groups (broad SMARTS) is 1. The summed E-state index contributed by atoms with van der Waals surface area (Å²) in [6, 6.07) is 0.379. The number of aromatic nitrogens is 2. The maximum absolute atomic E-state index is 11.4. The quantitative estimate of drug-likeness (QED) is 0.883. The molecule has 0 bridgehead atoms. The van der Waals surface area contributed by atoms with Gasteiger partial charge < -0.3 is 14.9 Å². The molecule has 0 radical (unpaired) electrons. The first-order valence-corrected chi connectivity index (χ1v) is 6.60. The van der Waals surface area contributed by atoms with Gasteiger partial charge in [-0.2, -0.15) is 5.10 Å². The van der Waals surface area contributed by atoms with Gasteiger partial charge in [0.25, 0.3) is 0 Å². The summed E-state index contributed by atoms with van der Waals surface area (Å²) in [4.78, 5) is 15.8. The zero-order valence-corrected chi connectivity index (χ0v) is 12.1. The molecule has 6 heteroatoms. The van der Waals surface area contributed by atoms with Gasteiger partial charge in [0.2, 0.25) is 0 Å². The highest BCUT2D eigenvalue weighted by Crippen LogP contribution is 2.27. The van der Waals surface area contributed by atoms with Crippen LogP contribution in [0.5, 0.6) is 0 Å². The highest BCUT2D eigenvalue weighted by Gasteiger charge is 2.28. The Morgan fingerprint density at radius 2 is 1.95 bits per heavy atom. The molecule has 0 atom stereocenters. The van der Waals surface area contributed by atoms with Crippen LogP contribution in [0.25, 0.3) is 0 Å². The standard InChI is InChI=1S/C13H22N4O2/c1-9-11(13(18)19)12(17(4)14-9)16(3)10-5-7-15(2)8-6-10/h10H,5-8H2,1-4H3,(H,18,19). The normalized spacial score (nSPS) is 17.7. The highest BCUT2D eigenvalue weighted by molar-refractivity contribution is 5.94. The zero-order chi connectivity index (χ0) is 14.2. The van der Waals surface area contributed by atoms with Crippen molar-refractivity contribution in [3.63, 3.8) is 0 Å². The molecule has 1 aliphatic rings. The van der Waals surface area contributed by atoms with E-state index >= 15 is 0 Å². The Hall–Kier alpha value is -1.56. The van der Waals surface area contributed by atoms with Crippen LogP contribution in [0, 0.1) is 6.92 Å². The highest BCUT2D eigenvalue weighted by atomic mass is 16.4. The fraction of sp³-hybridized carbons (Fsp3) is 0.692. The lowest BCUT2D eigenvalue weighted by atomic mass is 10.0. The molecule has 0 aliphatic carbocycles. The van der Waals surface area contributed by atoms with Crippen molar-refractivity contribution >= 4 is 11.8 Å². The van der Waals surface area contributed by atoms with Gasteiger partial charge in [0.15, 0.2) is 0 Å². The van der Waals surface area contributed by atoms with E-state index in [1.165, 1.54) is 0 Å². The Bertz CT molecular complexity index is 475. The first-order valence-electron chi connectivity index (χ1n) is 6.60. The average molecular weight is 266 g/mol. The fourth-order valence-corrected chi connectivity index (χ4v) is 2.86. The number of aryl methyl sites for hydroxylation is 2. The molecule has 0 spiro atoms. The molecule has 1 aliphatic heterocycles. The predicted molar refractivity (Wildman–Crippen MR) is 73.8 cm³/mol. The third-order valence-corrected chi connectivity index (χ3v) is 3.98. The topological polar surface area (TPSA) is 61.6 Å². The number of piperidine rings is 1. The maximum Gasteiger partial charge on any atom is 0.341 e. The molecule has 1 fully saturated rings. The van der Waals surface area contributed by atoms with E-state index in [0.29, 0.717) is 23.1 Å². The molecule has 1 saturated heterocycles. The number of hydrogen-bond acceptors (Lipinski definition) is 4. The van der Waals surface area contributed by atoms with Crippen LogP contribution in [0.3, 0.4) is 0 Å². The van der Waals surface area contributed by atoms with Crippen LogP contribution in [0.1, 0.15) is 28.9 Å². The van der Waals surface area contributed by atoms with Crippen LogP contribution >= 0.6 is 0 Å². The molecule has 1 N–H and O–H groups in total. The molecule has 19 heavy (non-hydrogen) atoms. The second-order valence-corrected chi connectivity index (χ2v) is 5.36. The van der Waals surface area contributed by atoms with Crippen LogP contribution in [-0.4, -0.2) is 59.0 Å². The molecule has 0 unspecified atom stereocenters. The molecule has 0 amide bonds. The third kappa shape index (κ3) is 2.58. The van der Waals surface area contributed by atoms with E-state index in [-0.39, 0.29) is 0 Å². The van der Waals surface area contributed by atoms with E-state index in [1.54, 1.807) is 18.7 Å². The SMILES string of the molecule is Cc1nn(C)c(N(C)C2CCN(C)CC2)c1C(=O)O. The van der Waals surface area contributed by atoms with Gasteiger partial charge in [-0.05, 0) is 39.9 Å². The molecule has 1 aromatic rings. The molecule has 2 rings (SSSR count). The Kier molecular flexibility index (Phi) is 3.80. The third-order valence-electron chi connectivity index (χ3n) is 3.98. The van der Waals surface area contributed by atoms with Gasteiger partial charge in [-0.25, -0.2) is 4.79 Å². The summed E-state index contributed by atoms with van der Waals surface area (Å²) in [5.41, 5.74) is 0.897. The van der Waals surface area contributed by atoms with E-state index in [2.05, 4.69) is 21.9 Å². The van der Waals surface area contributed by atoms with Gasteiger partial charge in [-0.3, -0.25) is 4.68 Å². The first-order chi connectivity index (χ1) is 8.91. The van der Waals surface area contributed by atoms with Crippen molar-refractivity contribution < 1.29 is 9.90 Å². The molecular weight excluding hydrogens is 244 g/mol. The summed E-state index contributed by atoms with van der Waals surface area (Å²) in [6.07, 6.45) is 2.10. The molecule has 6 nitrogen and oxygen atoms in total. The Morgan fingerprint density at radius 1 is 1.37 bits per heavy atom. The summed E-state index contributed by atoms with van der Waals surface area (Å²) in [7, 11) is 5.90. The lowest BCUT2D eigenvalue weighted by Gasteiger charge is -2.36. The van der Waals surface area contributed by atoms with E-state index in [0.717, 1.165) is 25.9 Å². The Balaban J connectivity index is 2.28. The van der Waals surface area contributed by atoms with E-state index < -0.39 is 5.97 Å². The largest absolute Gasteiger partial charge is 0.477 e. The number of likely N-dealkylation sites (tertiary alicyclic amines) is 1. The minimum atomic E-state index is -0.902. The monoisotopic (exact) mass is 266 g/mol. The van der Waals surface area contributed by atoms with Gasteiger partial charge in [-0.1, -0.05) is 0 Å². The number of aromatic carboxylic acids is 1. The Labute approximate surface area is 113 Å². The van der Waals surface area contributed by atoms with Crippen LogP contribution < -0.4 is 4.90 Å². The molecule has 1 aromatic heterocycles. The van der Waals surface area contributed by atoms with Crippen molar-refractivity contribution in [2.24, 2.45) is 7.05 Å². The van der Waals surface area contributed by atoms with Crippen molar-refractivity contribution in [2.45, 2.75) is 25.8 Å². The minimum Gasteiger partial charge on any atom is -0.477 e. The lowest BCUT2D eigenvalue weighted by Crippen LogP contribution is -2.43. The van der Waals surface area contributed by atoms with Gasteiger partial charge in [0.05, 0.1) is 5.69 Å². The summed E-state index contributed by atoms with van der Waals surface area (Å²) in [6.45, 7) is 3.85. The van der Waals surface area contributed by atoms with Crippen molar-refractivity contribution in [3.05, 3.63) is 11.3 Å². The molecule has 0 saturated carbocycles. The summed E-state index contributed by atoms with van der Waals surface area (Å²) in [5, 5.41) is 13.6. The van der Waals surface area contributed by atoms with Crippen molar-refractivity contribution in [1.29, 1.82) is 0 Å². The summed E-state index contributed by atoms with van der Waals surface area (Å²) in [5.74, 6) is -0.195. The summed E-state index contributed by atoms with van der Waals surface area (Å²) >= 11 is 0. The summed E-state index contributed by atoms with van der Waals surface area (Å²) < 4.78 is 1.68. The van der Waals surface area contributed by atoms with Gasteiger partial charge >= 0.3 is 5.97 Å². The average Bonchev–Trinajstić information content (AvgIpc) is 2.64. The maximum atomic E-state index is 11.4. The van der Waals surface area contributed by atoms with E-state index in [1.807, 2.05) is 7.05 Å². The van der Waals surface area contributed by atoms with Crippen LogP contribution in [0.15, 0.2) is 0 Å². The Morgan fingerprint density at radius 3 is 2.47 bits per heavy atom. The smallest absolute Gasteiger partial charge is 0.341 e. The first kappa shape index (κ1) is 13.9. The number of hydrogen-bond donors (Lipinski definition) is 1. The zero-order valence-electron chi connectivity index (χ0n) is 12.1. The number of rotatable bonds is 3. The van der Waals surface area contributed by atoms with Gasteiger partial charge in [0.1, 0.15) is 11.4 Å². The van der Waals surface area contributed by atoms with Crippen molar-refractivity contribution in [1.82, 2.24) is 14.7 Å². The van der Waals surface area contributed by atoms with E-state index in [9.17, 15) is 9.90 Å². The van der Waals surface area contributed by atoms with E-state index in [4.69, 9.17) is 0 Å². The molecule has 2 heterocycles. The lowest BCUT2D eigenvalue weighted by molar-refractivity contribution is 0.0696. The minimum absolute atomic E-state index is 0.323. The number of nitrogens with zero attached hydrogens (tertiary/aromatic N) is 4. The van der Waals surface area contributed by atoms with Crippen molar-refractivity contribution in [2.75, 3.05) is 32.1 Å². The number of anilines is 1. The molecular formula is C13H22N4O2. The number of carboxylic acids is 1. The molecule has 0 aromatic carbocycles. The second kappa shape index (κ2) is 5.21. The predicted octanol–water partition coefficient (Wildman–Crippen LogP) is 0.957. The van der Waals surface area contributed by atoms with Crippen LogP contribution in [0.2, 0.25) is 0 Å². The number of carbonyl (C=O) groups is 1. The van der Waals surface area contributed by atoms with Crippen LogP contribution in [-0.2, 0) is 7.05 Å². The van der Waals surface area contributed by atoms with Gasteiger partial charge in [-0.15, -0.1) is 0 Å².